The van der Waals surface area contributed by atoms with Crippen molar-refractivity contribution in [1.29, 1.82) is 0 Å². The summed E-state index contributed by atoms with van der Waals surface area (Å²) in [6.07, 6.45) is 0. The van der Waals surface area contributed by atoms with Crippen LogP contribution in [0.5, 0.6) is 0 Å². The van der Waals surface area contributed by atoms with Crippen LogP contribution >= 0.6 is 11.6 Å². The van der Waals surface area contributed by atoms with Crippen LogP contribution in [0, 0.1) is 0 Å². The SMILES string of the molecule is [N-]=[N+]=NCC(=O)c1cc2cc(Cl)ccc2oc1=O. The molecule has 1 aromatic carbocycles. The lowest BCUT2D eigenvalue weighted by Crippen LogP contribution is -2.15. The number of hydrogen-bond donors (Lipinski definition) is 0. The average Bonchev–Trinajstić information content (AvgIpc) is 2.35. The van der Waals surface area contributed by atoms with Crippen LogP contribution in [0.3, 0.4) is 0 Å². The summed E-state index contributed by atoms with van der Waals surface area (Å²) in [6.45, 7) is -0.423. The van der Waals surface area contributed by atoms with Gasteiger partial charge in [-0.2, -0.15) is 0 Å². The molecule has 7 heteroatoms. The van der Waals surface area contributed by atoms with Crippen molar-refractivity contribution in [3.05, 3.63) is 55.7 Å². The summed E-state index contributed by atoms with van der Waals surface area (Å²) in [6, 6.07) is 6.07. The molecule has 0 unspecified atom stereocenters. The maximum absolute atomic E-state index is 11.6. The van der Waals surface area contributed by atoms with E-state index in [1.807, 2.05) is 0 Å². The van der Waals surface area contributed by atoms with E-state index >= 15 is 0 Å². The molecule has 0 saturated heterocycles. The largest absolute Gasteiger partial charge is 0.422 e. The highest BCUT2D eigenvalue weighted by molar-refractivity contribution is 6.31. The van der Waals surface area contributed by atoms with Crippen molar-refractivity contribution >= 4 is 28.4 Å². The molecule has 0 aliphatic rings. The van der Waals surface area contributed by atoms with Gasteiger partial charge in [0, 0.05) is 15.3 Å². The van der Waals surface area contributed by atoms with E-state index in [9.17, 15) is 9.59 Å². The number of nitrogens with zero attached hydrogens (tertiary/aromatic N) is 3. The molecule has 0 aliphatic carbocycles. The number of fused-ring (bicyclic) bond motifs is 1. The van der Waals surface area contributed by atoms with Crippen LogP contribution in [0.25, 0.3) is 21.4 Å². The zero-order valence-electron chi connectivity index (χ0n) is 8.96. The Morgan fingerprint density at radius 2 is 2.22 bits per heavy atom. The predicted octanol–water partition coefficient (Wildman–Crippen LogP) is 2.94. The second kappa shape index (κ2) is 4.91. The van der Waals surface area contributed by atoms with Gasteiger partial charge in [0.15, 0.2) is 5.78 Å². The minimum Gasteiger partial charge on any atom is -0.422 e. The summed E-state index contributed by atoms with van der Waals surface area (Å²) in [5.74, 6) is -0.594. The standard InChI is InChI=1S/C11H6ClN3O3/c12-7-1-2-10-6(3-7)4-8(11(17)18-10)9(16)5-14-15-13/h1-4H,5H2. The van der Waals surface area contributed by atoms with Gasteiger partial charge in [-0.3, -0.25) is 4.79 Å². The van der Waals surface area contributed by atoms with Crippen LogP contribution in [-0.4, -0.2) is 12.3 Å². The van der Waals surface area contributed by atoms with Crippen molar-refractivity contribution in [2.24, 2.45) is 5.11 Å². The number of carbonyl (C=O) groups is 1. The van der Waals surface area contributed by atoms with Crippen molar-refractivity contribution in [2.75, 3.05) is 6.54 Å². The summed E-state index contributed by atoms with van der Waals surface area (Å²) in [5, 5.41) is 4.11. The predicted molar refractivity (Wildman–Crippen MR) is 65.8 cm³/mol. The summed E-state index contributed by atoms with van der Waals surface area (Å²) < 4.78 is 4.98. The number of carbonyl (C=O) groups excluding carboxylic acids is 1. The molecule has 0 atom stereocenters. The van der Waals surface area contributed by atoms with Gasteiger partial charge in [0.1, 0.15) is 11.1 Å². The Balaban J connectivity index is 2.57. The van der Waals surface area contributed by atoms with Gasteiger partial charge in [-0.25, -0.2) is 4.79 Å². The lowest BCUT2D eigenvalue weighted by atomic mass is 10.1. The van der Waals surface area contributed by atoms with Gasteiger partial charge in [0.25, 0.3) is 0 Å². The number of rotatable bonds is 3. The zero-order valence-corrected chi connectivity index (χ0v) is 9.72. The summed E-state index contributed by atoms with van der Waals surface area (Å²) >= 11 is 5.80. The van der Waals surface area contributed by atoms with Crippen molar-refractivity contribution in [3.63, 3.8) is 0 Å². The smallest absolute Gasteiger partial charge is 0.347 e. The Morgan fingerprint density at radius 1 is 1.44 bits per heavy atom. The van der Waals surface area contributed by atoms with Crippen molar-refractivity contribution in [1.82, 2.24) is 0 Å². The van der Waals surface area contributed by atoms with Crippen LogP contribution in [0.1, 0.15) is 10.4 Å². The van der Waals surface area contributed by atoms with Gasteiger partial charge in [-0.05, 0) is 29.8 Å². The Hall–Kier alpha value is -2.30. The van der Waals surface area contributed by atoms with E-state index < -0.39 is 18.0 Å². The van der Waals surface area contributed by atoms with Crippen molar-refractivity contribution in [2.45, 2.75) is 0 Å². The molecule has 0 spiro atoms. The van der Waals surface area contributed by atoms with Crippen LogP contribution in [0.15, 0.2) is 38.6 Å². The van der Waals surface area contributed by atoms with Gasteiger partial charge in [-0.15, -0.1) is 0 Å². The number of hydrogen-bond acceptors (Lipinski definition) is 4. The summed E-state index contributed by atoms with van der Waals surface area (Å²) in [5.41, 5.74) is 7.55. The minimum absolute atomic E-state index is 0.155. The first kappa shape index (κ1) is 12.2. The molecule has 1 aromatic heterocycles. The van der Waals surface area contributed by atoms with Crippen molar-refractivity contribution < 1.29 is 9.21 Å². The van der Waals surface area contributed by atoms with Crippen LogP contribution in [0.4, 0.5) is 0 Å². The summed E-state index contributed by atoms with van der Waals surface area (Å²) in [4.78, 5) is 25.6. The van der Waals surface area contributed by atoms with E-state index in [1.54, 1.807) is 18.2 Å². The highest BCUT2D eigenvalue weighted by atomic mass is 35.5. The molecule has 0 fully saturated rings. The maximum Gasteiger partial charge on any atom is 0.347 e. The molecule has 0 saturated carbocycles. The Morgan fingerprint density at radius 3 is 2.94 bits per heavy atom. The third kappa shape index (κ3) is 2.34. The topological polar surface area (TPSA) is 96.0 Å². The zero-order chi connectivity index (χ0) is 13.1. The molecule has 90 valence electrons. The number of azide groups is 1. The van der Waals surface area contributed by atoms with E-state index in [0.29, 0.717) is 16.0 Å². The van der Waals surface area contributed by atoms with Crippen LogP contribution in [-0.2, 0) is 0 Å². The second-order valence-corrected chi connectivity index (χ2v) is 3.88. The van der Waals surface area contributed by atoms with Gasteiger partial charge in [0.2, 0.25) is 0 Å². The Bertz CT molecular complexity index is 732. The van der Waals surface area contributed by atoms with Crippen LogP contribution in [0.2, 0.25) is 5.02 Å². The molecular weight excluding hydrogens is 258 g/mol. The third-order valence-corrected chi connectivity index (χ3v) is 2.51. The number of benzene rings is 1. The minimum atomic E-state index is -0.761. The fourth-order valence-electron chi connectivity index (χ4n) is 1.47. The molecule has 2 rings (SSSR count). The Kier molecular flexibility index (Phi) is 3.32. The van der Waals surface area contributed by atoms with Gasteiger partial charge in [0.05, 0.1) is 6.54 Å². The highest BCUT2D eigenvalue weighted by Gasteiger charge is 2.12. The van der Waals surface area contributed by atoms with Crippen LogP contribution < -0.4 is 5.63 Å². The van der Waals surface area contributed by atoms with Gasteiger partial charge >= 0.3 is 5.63 Å². The highest BCUT2D eigenvalue weighted by Crippen LogP contribution is 2.18. The lowest BCUT2D eigenvalue weighted by Gasteiger charge is -2.00. The monoisotopic (exact) mass is 263 g/mol. The molecule has 0 N–H and O–H groups in total. The lowest BCUT2D eigenvalue weighted by molar-refractivity contribution is 0.0998. The van der Waals surface area contributed by atoms with E-state index in [1.165, 1.54) is 6.07 Å². The number of halogens is 1. The first-order chi connectivity index (χ1) is 8.61. The molecule has 18 heavy (non-hydrogen) atoms. The first-order valence-corrected chi connectivity index (χ1v) is 5.27. The second-order valence-electron chi connectivity index (χ2n) is 3.44. The van der Waals surface area contributed by atoms with Crippen molar-refractivity contribution in [3.8, 4) is 0 Å². The van der Waals surface area contributed by atoms with Gasteiger partial charge in [-0.1, -0.05) is 16.7 Å². The molecule has 0 amide bonds. The normalized spacial score (nSPS) is 10.1. The van der Waals surface area contributed by atoms with E-state index in [2.05, 4.69) is 10.0 Å². The van der Waals surface area contributed by atoms with E-state index in [-0.39, 0.29) is 5.56 Å². The fourth-order valence-corrected chi connectivity index (χ4v) is 1.65. The Labute approximate surface area is 105 Å². The fraction of sp³-hybridized carbons (Fsp3) is 0.0909. The van der Waals surface area contributed by atoms with E-state index in [0.717, 1.165) is 0 Å². The third-order valence-electron chi connectivity index (χ3n) is 2.27. The molecular formula is C11H6ClN3O3. The molecule has 0 radical (unpaired) electrons. The molecule has 1 heterocycles. The number of ketones is 1. The molecule has 2 aromatic rings. The quantitative estimate of drug-likeness (QED) is 0.280. The molecule has 0 aliphatic heterocycles. The molecule has 0 bridgehead atoms. The molecule has 6 nitrogen and oxygen atoms in total. The average molecular weight is 264 g/mol. The van der Waals surface area contributed by atoms with E-state index in [4.69, 9.17) is 21.5 Å². The first-order valence-electron chi connectivity index (χ1n) is 4.89. The number of Topliss-reactive ketones (excluding diaryl/α,β-unsaturated/α-hetero) is 1. The van der Waals surface area contributed by atoms with Gasteiger partial charge < -0.3 is 4.42 Å². The maximum atomic E-state index is 11.6. The summed E-state index contributed by atoms with van der Waals surface area (Å²) in [7, 11) is 0.